The van der Waals surface area contributed by atoms with Crippen LogP contribution in [0.5, 0.6) is 5.75 Å². The van der Waals surface area contributed by atoms with E-state index in [1.807, 2.05) is 62.4 Å². The van der Waals surface area contributed by atoms with E-state index in [1.165, 1.54) is 11.8 Å². The van der Waals surface area contributed by atoms with Gasteiger partial charge in [0, 0.05) is 23.4 Å². The number of ether oxygens (including phenoxy) is 1. The SMILES string of the molecule is CC[C@@H](C)NC(=O)[C@H](C)N(Cc1ccc(OC)cc1)C(=O)CSCc1cccc(Cl)c1. The zero-order chi connectivity index (χ0) is 22.8. The number of carbonyl (C=O) groups is 2. The van der Waals surface area contributed by atoms with Gasteiger partial charge in [-0.3, -0.25) is 9.59 Å². The molecule has 0 heterocycles. The molecule has 5 nitrogen and oxygen atoms in total. The molecule has 0 fully saturated rings. The van der Waals surface area contributed by atoms with Crippen molar-refractivity contribution >= 4 is 35.2 Å². The van der Waals surface area contributed by atoms with Gasteiger partial charge in [0.2, 0.25) is 11.8 Å². The number of halogens is 1. The summed E-state index contributed by atoms with van der Waals surface area (Å²) in [7, 11) is 1.61. The van der Waals surface area contributed by atoms with Gasteiger partial charge in [-0.05, 0) is 55.7 Å². The number of thioether (sulfide) groups is 1. The van der Waals surface area contributed by atoms with E-state index in [2.05, 4.69) is 5.32 Å². The van der Waals surface area contributed by atoms with Crippen LogP contribution in [0.15, 0.2) is 48.5 Å². The number of nitrogens with zero attached hydrogens (tertiary/aromatic N) is 1. The normalized spacial score (nSPS) is 12.7. The smallest absolute Gasteiger partial charge is 0.242 e. The van der Waals surface area contributed by atoms with Crippen LogP contribution in [0.4, 0.5) is 0 Å². The van der Waals surface area contributed by atoms with Crippen molar-refractivity contribution in [1.29, 1.82) is 0 Å². The van der Waals surface area contributed by atoms with E-state index in [0.717, 1.165) is 23.3 Å². The number of methoxy groups -OCH3 is 1. The molecule has 0 saturated heterocycles. The Morgan fingerprint density at radius 1 is 1.13 bits per heavy atom. The Hall–Kier alpha value is -2.18. The summed E-state index contributed by atoms with van der Waals surface area (Å²) in [6.07, 6.45) is 0.834. The minimum atomic E-state index is -0.574. The molecule has 0 spiro atoms. The Morgan fingerprint density at radius 3 is 2.45 bits per heavy atom. The Labute approximate surface area is 194 Å². The van der Waals surface area contributed by atoms with Gasteiger partial charge in [-0.1, -0.05) is 42.8 Å². The number of hydrogen-bond donors (Lipinski definition) is 1. The Morgan fingerprint density at radius 2 is 1.84 bits per heavy atom. The predicted octanol–water partition coefficient (Wildman–Crippen LogP) is 4.91. The number of nitrogens with one attached hydrogen (secondary N) is 1. The van der Waals surface area contributed by atoms with Gasteiger partial charge >= 0.3 is 0 Å². The van der Waals surface area contributed by atoms with E-state index in [9.17, 15) is 9.59 Å². The minimum Gasteiger partial charge on any atom is -0.497 e. The summed E-state index contributed by atoms with van der Waals surface area (Å²) in [5.41, 5.74) is 2.01. The highest BCUT2D eigenvalue weighted by atomic mass is 35.5. The molecule has 0 aliphatic heterocycles. The van der Waals surface area contributed by atoms with E-state index >= 15 is 0 Å². The fourth-order valence-electron chi connectivity index (χ4n) is 2.94. The first-order chi connectivity index (χ1) is 14.8. The van der Waals surface area contributed by atoms with Crippen molar-refractivity contribution in [2.45, 2.75) is 51.6 Å². The van der Waals surface area contributed by atoms with Crippen molar-refractivity contribution in [3.05, 3.63) is 64.7 Å². The molecule has 0 radical (unpaired) electrons. The fraction of sp³-hybridized carbons (Fsp3) is 0.417. The molecule has 0 unspecified atom stereocenters. The van der Waals surface area contributed by atoms with Gasteiger partial charge in [0.25, 0.3) is 0 Å². The highest BCUT2D eigenvalue weighted by Crippen LogP contribution is 2.19. The van der Waals surface area contributed by atoms with Crippen molar-refractivity contribution in [1.82, 2.24) is 10.2 Å². The highest BCUT2D eigenvalue weighted by Gasteiger charge is 2.26. The average Bonchev–Trinajstić information content (AvgIpc) is 2.77. The second kappa shape index (κ2) is 12.6. The third-order valence-electron chi connectivity index (χ3n) is 5.06. The lowest BCUT2D eigenvalue weighted by Gasteiger charge is -2.29. The molecule has 0 saturated carbocycles. The monoisotopic (exact) mass is 462 g/mol. The third kappa shape index (κ3) is 8.11. The Bertz CT molecular complexity index is 860. The fourth-order valence-corrected chi connectivity index (χ4v) is 4.01. The van der Waals surface area contributed by atoms with Gasteiger partial charge in [0.05, 0.1) is 12.9 Å². The second-order valence-corrected chi connectivity index (χ2v) is 8.91. The van der Waals surface area contributed by atoms with Gasteiger partial charge in [-0.25, -0.2) is 0 Å². The Balaban J connectivity index is 2.08. The maximum absolute atomic E-state index is 13.1. The van der Waals surface area contributed by atoms with Crippen molar-refractivity contribution in [2.24, 2.45) is 0 Å². The van der Waals surface area contributed by atoms with E-state index < -0.39 is 6.04 Å². The summed E-state index contributed by atoms with van der Waals surface area (Å²) >= 11 is 7.55. The molecule has 2 atom stereocenters. The first-order valence-corrected chi connectivity index (χ1v) is 11.9. The summed E-state index contributed by atoms with van der Waals surface area (Å²) in [5, 5.41) is 3.66. The van der Waals surface area contributed by atoms with Crippen LogP contribution in [-0.2, 0) is 21.9 Å². The quantitative estimate of drug-likeness (QED) is 0.515. The summed E-state index contributed by atoms with van der Waals surface area (Å²) in [6.45, 7) is 6.11. The summed E-state index contributed by atoms with van der Waals surface area (Å²) in [5.74, 6) is 1.49. The van der Waals surface area contributed by atoms with Gasteiger partial charge < -0.3 is 15.0 Å². The van der Waals surface area contributed by atoms with E-state index in [1.54, 1.807) is 18.9 Å². The van der Waals surface area contributed by atoms with Crippen LogP contribution < -0.4 is 10.1 Å². The molecule has 0 aliphatic rings. The summed E-state index contributed by atoms with van der Waals surface area (Å²) in [6, 6.07) is 14.6. The number of hydrogen-bond acceptors (Lipinski definition) is 4. The van der Waals surface area contributed by atoms with Crippen molar-refractivity contribution in [3.63, 3.8) is 0 Å². The van der Waals surface area contributed by atoms with Crippen molar-refractivity contribution < 1.29 is 14.3 Å². The molecule has 1 N–H and O–H groups in total. The minimum absolute atomic E-state index is 0.0603. The summed E-state index contributed by atoms with van der Waals surface area (Å²) < 4.78 is 5.21. The molecule has 0 bridgehead atoms. The van der Waals surface area contributed by atoms with Gasteiger partial charge in [0.15, 0.2) is 0 Å². The lowest BCUT2D eigenvalue weighted by atomic mass is 10.1. The molecule has 31 heavy (non-hydrogen) atoms. The topological polar surface area (TPSA) is 58.6 Å². The summed E-state index contributed by atoms with van der Waals surface area (Å²) in [4.78, 5) is 27.5. The number of rotatable bonds is 11. The zero-order valence-corrected chi connectivity index (χ0v) is 20.1. The van der Waals surface area contributed by atoms with E-state index in [0.29, 0.717) is 17.3 Å². The highest BCUT2D eigenvalue weighted by molar-refractivity contribution is 7.99. The first kappa shape index (κ1) is 25.1. The van der Waals surface area contributed by atoms with Crippen LogP contribution in [0.1, 0.15) is 38.3 Å². The van der Waals surface area contributed by atoms with Crippen LogP contribution >= 0.6 is 23.4 Å². The van der Waals surface area contributed by atoms with Crippen LogP contribution in [0, 0.1) is 0 Å². The van der Waals surface area contributed by atoms with E-state index in [-0.39, 0.29) is 23.6 Å². The first-order valence-electron chi connectivity index (χ1n) is 10.4. The third-order valence-corrected chi connectivity index (χ3v) is 6.29. The lowest BCUT2D eigenvalue weighted by Crippen LogP contribution is -2.50. The molecular weight excluding hydrogens is 432 g/mol. The predicted molar refractivity (Wildman–Crippen MR) is 129 cm³/mol. The van der Waals surface area contributed by atoms with Gasteiger partial charge in [-0.15, -0.1) is 11.8 Å². The van der Waals surface area contributed by atoms with Crippen molar-refractivity contribution in [2.75, 3.05) is 12.9 Å². The molecule has 2 rings (SSSR count). The lowest BCUT2D eigenvalue weighted by molar-refractivity contribution is -0.138. The van der Waals surface area contributed by atoms with Gasteiger partial charge in [0.1, 0.15) is 11.8 Å². The van der Waals surface area contributed by atoms with Crippen LogP contribution in [0.25, 0.3) is 0 Å². The van der Waals surface area contributed by atoms with E-state index in [4.69, 9.17) is 16.3 Å². The van der Waals surface area contributed by atoms with Crippen LogP contribution in [0.3, 0.4) is 0 Å². The maximum atomic E-state index is 13.1. The zero-order valence-electron chi connectivity index (χ0n) is 18.6. The number of amides is 2. The Kier molecular flexibility index (Phi) is 10.2. The molecule has 168 valence electrons. The number of benzene rings is 2. The second-order valence-electron chi connectivity index (χ2n) is 7.49. The molecule has 0 aromatic heterocycles. The number of carbonyl (C=O) groups excluding carboxylic acids is 2. The largest absolute Gasteiger partial charge is 0.497 e. The molecule has 2 amide bonds. The molecule has 2 aromatic carbocycles. The van der Waals surface area contributed by atoms with Gasteiger partial charge in [-0.2, -0.15) is 0 Å². The van der Waals surface area contributed by atoms with Crippen LogP contribution in [-0.4, -0.2) is 41.7 Å². The maximum Gasteiger partial charge on any atom is 0.242 e. The molecule has 2 aromatic rings. The molecular formula is C24H31ClN2O3S. The molecule has 7 heteroatoms. The standard InChI is InChI=1S/C24H31ClN2O3S/c1-5-17(2)26-24(29)18(3)27(14-19-9-11-22(30-4)12-10-19)23(28)16-31-15-20-7-6-8-21(25)13-20/h6-13,17-18H,5,14-16H2,1-4H3,(H,26,29)/t17-,18+/m1/s1. The average molecular weight is 463 g/mol. The molecule has 0 aliphatic carbocycles. The van der Waals surface area contributed by atoms with Crippen LogP contribution in [0.2, 0.25) is 5.02 Å². The van der Waals surface area contributed by atoms with Crippen molar-refractivity contribution in [3.8, 4) is 5.75 Å².